The number of H-pyrrole nitrogens is 3. The first-order chi connectivity index (χ1) is 54.5. The minimum Gasteiger partial charge on any atom is -0.339 e. The smallest absolute Gasteiger partial charge is 0.339 e. The molecule has 0 aliphatic heterocycles. The molecule has 616 valence electrons. The topological polar surface area (TPSA) is 463 Å². The number of aryl methyl sites for hydroxylation is 6. The zero-order valence-corrected chi connectivity index (χ0v) is 68.4. The predicted octanol–water partition coefficient (Wildman–Crippen LogP) is 12.6. The predicted molar refractivity (Wildman–Crippen MR) is 433 cm³/mol. The summed E-state index contributed by atoms with van der Waals surface area (Å²) < 4.78 is 68.3. The molecule has 6 aromatic heterocycles. The normalized spacial score (nSPS) is 16.1. The summed E-state index contributed by atoms with van der Waals surface area (Å²) in [4.78, 5) is 80.6. The molecule has 0 unspecified atom stereocenters. The molecule has 6 aliphatic carbocycles. The van der Waals surface area contributed by atoms with Gasteiger partial charge in [0.1, 0.15) is 35.2 Å². The molecule has 115 heavy (non-hydrogen) atoms. The summed E-state index contributed by atoms with van der Waals surface area (Å²) in [6, 6.07) is 27.0. The molecule has 32 nitrogen and oxygen atoms in total. The van der Waals surface area contributed by atoms with E-state index in [9.17, 15) is 28.8 Å². The van der Waals surface area contributed by atoms with Crippen LogP contribution in [-0.2, 0) is 35.2 Å². The Morgan fingerprint density at radius 2 is 0.557 bits per heavy atom. The number of nitrogens with one attached hydrogen (secondary N) is 9. The summed E-state index contributed by atoms with van der Waals surface area (Å²) in [6.07, 6.45) is 18.4. The molecule has 3 aromatic carbocycles. The molecule has 13 N–H and O–H groups in total. The molecule has 0 radical (unpaired) electrons. The standard InChI is InChI=1S/3C27H34N6O2.2H2O4S/c3*1-15(2)33-22(13-14-28-33)26(34)30-25(24(19-5-6-19)20-7-8-20)27(35)29-21-11-9-18(10-12-21)23-16(3)31-32-17(23)4;2*1-5(2,3)4/h3*9-15,19-20,24-25H,5-8H2,1-4H3,(H,29,35)(H,30,34)(H,31,32);2*(H2,1,2,3,4)/t3*25-;;/m000../s1. The molecule has 6 aliphatic rings. The van der Waals surface area contributed by atoms with Crippen LogP contribution in [0.15, 0.2) is 110 Å². The molecule has 0 bridgehead atoms. The average Bonchev–Trinajstić information content (AvgIpc) is 1.63. The fourth-order valence-corrected chi connectivity index (χ4v) is 15.8. The van der Waals surface area contributed by atoms with Crippen molar-refractivity contribution < 1.29 is 63.8 Å². The Kier molecular flexibility index (Phi) is 27.1. The van der Waals surface area contributed by atoms with Gasteiger partial charge in [-0.3, -0.25) is 76.3 Å². The van der Waals surface area contributed by atoms with Gasteiger partial charge in [-0.05, 0) is 285 Å². The fourth-order valence-electron chi connectivity index (χ4n) is 15.8. The minimum atomic E-state index is -4.67. The Morgan fingerprint density at radius 1 is 0.357 bits per heavy atom. The molecule has 34 heteroatoms. The van der Waals surface area contributed by atoms with Crippen LogP contribution < -0.4 is 31.9 Å². The largest absolute Gasteiger partial charge is 0.394 e. The van der Waals surface area contributed by atoms with Crippen LogP contribution in [0.25, 0.3) is 33.4 Å². The number of hydrogen-bond acceptors (Lipinski definition) is 16. The van der Waals surface area contributed by atoms with Gasteiger partial charge in [0.05, 0.1) is 17.1 Å². The van der Waals surface area contributed by atoms with Gasteiger partial charge in [0.2, 0.25) is 17.7 Å². The monoisotopic (exact) mass is 1620 g/mol. The van der Waals surface area contributed by atoms with E-state index in [0.29, 0.717) is 52.6 Å². The Bertz CT molecular complexity index is 4540. The quantitative estimate of drug-likeness (QED) is 0.0213. The van der Waals surface area contributed by atoms with Gasteiger partial charge in [0, 0.05) is 87.6 Å². The number of benzene rings is 3. The number of aromatic amines is 3. The first-order valence-corrected chi connectivity index (χ1v) is 42.0. The lowest BCUT2D eigenvalue weighted by Gasteiger charge is -2.28. The Balaban J connectivity index is 0.000000160. The molecule has 0 saturated heterocycles. The van der Waals surface area contributed by atoms with E-state index in [4.69, 9.17) is 35.0 Å². The fraction of sp³-hybridized carbons (Fsp3) is 0.481. The highest BCUT2D eigenvalue weighted by atomic mass is 32.3. The Labute approximate surface area is 669 Å². The third kappa shape index (κ3) is 23.2. The van der Waals surface area contributed by atoms with Crippen molar-refractivity contribution >= 4 is 73.3 Å². The van der Waals surface area contributed by atoms with Crippen molar-refractivity contribution in [3.8, 4) is 33.4 Å². The third-order valence-electron chi connectivity index (χ3n) is 21.7. The van der Waals surface area contributed by atoms with E-state index in [1.54, 1.807) is 50.8 Å². The summed E-state index contributed by atoms with van der Waals surface area (Å²) in [7, 11) is -9.33. The molecule has 6 amide bonds. The van der Waals surface area contributed by atoms with Gasteiger partial charge in [-0.2, -0.15) is 47.4 Å². The molecule has 15 rings (SSSR count). The highest BCUT2D eigenvalue weighted by Gasteiger charge is 2.51. The zero-order chi connectivity index (χ0) is 83.1. The first-order valence-electron chi connectivity index (χ1n) is 39.2. The maximum atomic E-state index is 13.6. The van der Waals surface area contributed by atoms with E-state index in [-0.39, 0.29) is 71.3 Å². The van der Waals surface area contributed by atoms with Crippen molar-refractivity contribution in [2.24, 2.45) is 53.3 Å². The number of carbonyl (C=O) groups excluding carboxylic acids is 6. The van der Waals surface area contributed by atoms with Crippen LogP contribution in [0.5, 0.6) is 0 Å². The highest BCUT2D eigenvalue weighted by Crippen LogP contribution is 2.53. The number of hydrogen-bond donors (Lipinski definition) is 13. The minimum absolute atomic E-state index is 0.0571. The summed E-state index contributed by atoms with van der Waals surface area (Å²) in [5.74, 6) is 2.34. The second-order valence-electron chi connectivity index (χ2n) is 31.9. The number of carbonyl (C=O) groups is 6. The summed E-state index contributed by atoms with van der Waals surface area (Å²) >= 11 is 0. The molecule has 6 heterocycles. The lowest BCUT2D eigenvalue weighted by atomic mass is 9.88. The van der Waals surface area contributed by atoms with Gasteiger partial charge in [0.25, 0.3) is 17.7 Å². The number of aromatic nitrogens is 12. The molecule has 6 saturated carbocycles. The molecular formula is C81H106N18O14S2. The molecule has 3 atom stereocenters. The van der Waals surface area contributed by atoms with Crippen molar-refractivity contribution in [2.75, 3.05) is 16.0 Å². The van der Waals surface area contributed by atoms with Crippen molar-refractivity contribution in [1.82, 2.24) is 75.9 Å². The third-order valence-corrected chi connectivity index (χ3v) is 21.7. The summed E-state index contributed by atoms with van der Waals surface area (Å²) in [5.41, 5.74) is 15.9. The van der Waals surface area contributed by atoms with Gasteiger partial charge < -0.3 is 31.9 Å². The SMILES string of the molecule is Cc1n[nH]c(C)c1-c1ccc(NC(=O)[C@@H](NC(=O)c2ccnn2C(C)C)C(C2CC2)C2CC2)cc1.Cc1n[nH]c(C)c1-c1ccc(NC(=O)[C@@H](NC(=O)c2ccnn2C(C)C)C(C2CC2)C2CC2)cc1.Cc1n[nH]c(C)c1-c1ccc(NC(=O)[C@@H](NC(=O)c2ccnn2C(C)C)C(C2CC2)C2CC2)cc1.O=S(=O)(O)O.O=S(=O)(O)O. The lowest BCUT2D eigenvalue weighted by molar-refractivity contribution is -0.120. The van der Waals surface area contributed by atoms with Crippen molar-refractivity contribution in [3.05, 3.63) is 161 Å². The summed E-state index contributed by atoms with van der Waals surface area (Å²) in [5, 5.41) is 53.3. The van der Waals surface area contributed by atoms with Crippen molar-refractivity contribution in [3.63, 3.8) is 0 Å². The van der Waals surface area contributed by atoms with Crippen LogP contribution in [0.1, 0.15) is 202 Å². The van der Waals surface area contributed by atoms with Crippen LogP contribution in [0, 0.1) is 94.8 Å². The molecule has 9 aromatic rings. The van der Waals surface area contributed by atoms with E-state index in [1.807, 2.05) is 156 Å². The number of nitrogens with zero attached hydrogens (tertiary/aromatic N) is 9. The van der Waals surface area contributed by atoms with E-state index in [2.05, 4.69) is 77.8 Å². The van der Waals surface area contributed by atoms with E-state index < -0.39 is 38.9 Å². The van der Waals surface area contributed by atoms with Crippen LogP contribution in [-0.4, -0.2) is 149 Å². The summed E-state index contributed by atoms with van der Waals surface area (Å²) in [6.45, 7) is 23.8. The first kappa shape index (κ1) is 85.4. The van der Waals surface area contributed by atoms with Crippen molar-refractivity contribution in [1.29, 1.82) is 0 Å². The lowest BCUT2D eigenvalue weighted by Crippen LogP contribution is -2.50. The van der Waals surface area contributed by atoms with Crippen LogP contribution in [0.4, 0.5) is 17.1 Å². The van der Waals surface area contributed by atoms with Gasteiger partial charge in [0.15, 0.2) is 0 Å². The van der Waals surface area contributed by atoms with Gasteiger partial charge in [-0.15, -0.1) is 0 Å². The second-order valence-corrected chi connectivity index (χ2v) is 33.7. The van der Waals surface area contributed by atoms with Crippen LogP contribution in [0.2, 0.25) is 0 Å². The van der Waals surface area contributed by atoms with Gasteiger partial charge in [-0.1, -0.05) is 36.4 Å². The Hall–Kier alpha value is -10.5. The highest BCUT2D eigenvalue weighted by molar-refractivity contribution is 7.80. The molecular weight excluding hydrogens is 1510 g/mol. The van der Waals surface area contributed by atoms with E-state index in [1.165, 1.54) is 0 Å². The number of rotatable bonds is 27. The number of anilines is 3. The number of amides is 6. The maximum absolute atomic E-state index is 13.6. The van der Waals surface area contributed by atoms with Crippen LogP contribution in [0.3, 0.4) is 0 Å². The van der Waals surface area contributed by atoms with Gasteiger partial charge in [-0.25, -0.2) is 0 Å². The maximum Gasteiger partial charge on any atom is 0.394 e. The second kappa shape index (κ2) is 36.5. The molecule has 0 spiro atoms. The van der Waals surface area contributed by atoms with E-state index >= 15 is 0 Å². The van der Waals surface area contributed by atoms with Crippen molar-refractivity contribution in [2.45, 2.75) is 196 Å². The Morgan fingerprint density at radius 3 is 0.722 bits per heavy atom. The van der Waals surface area contributed by atoms with Crippen LogP contribution >= 0.6 is 0 Å². The average molecular weight is 1620 g/mol. The molecule has 6 fully saturated rings. The van der Waals surface area contributed by atoms with Gasteiger partial charge >= 0.3 is 20.8 Å². The van der Waals surface area contributed by atoms with E-state index in [0.717, 1.165) is 162 Å². The zero-order valence-electron chi connectivity index (χ0n) is 66.8.